The molecule has 0 fully saturated rings. The number of rotatable bonds is 6. The van der Waals surface area contributed by atoms with Gasteiger partial charge in [-0.1, -0.05) is 6.07 Å². The predicted octanol–water partition coefficient (Wildman–Crippen LogP) is 1.52. The van der Waals surface area contributed by atoms with Crippen molar-refractivity contribution in [2.75, 3.05) is 20.3 Å². The predicted molar refractivity (Wildman–Crippen MR) is 58.8 cm³/mol. The summed E-state index contributed by atoms with van der Waals surface area (Å²) in [5.74, 6) is 0.635. The molecular formula is C11H18N2O2. The molecule has 0 aliphatic carbocycles. The van der Waals surface area contributed by atoms with E-state index in [0.29, 0.717) is 19.1 Å². The largest absolute Gasteiger partial charge is 0.478 e. The van der Waals surface area contributed by atoms with Crippen LogP contribution < -0.4 is 10.5 Å². The Morgan fingerprint density at radius 1 is 1.40 bits per heavy atom. The van der Waals surface area contributed by atoms with Crippen LogP contribution in [-0.2, 0) is 4.74 Å². The SMILES string of the molecule is COCCCOc1ccc([C@@H](C)N)cn1. The van der Waals surface area contributed by atoms with Gasteiger partial charge in [-0.15, -0.1) is 0 Å². The Hall–Kier alpha value is -1.13. The lowest BCUT2D eigenvalue weighted by Gasteiger charge is -2.07. The van der Waals surface area contributed by atoms with E-state index >= 15 is 0 Å². The number of nitrogens with zero attached hydrogens (tertiary/aromatic N) is 1. The maximum atomic E-state index is 5.71. The molecule has 15 heavy (non-hydrogen) atoms. The maximum Gasteiger partial charge on any atom is 0.213 e. The summed E-state index contributed by atoms with van der Waals surface area (Å²) in [7, 11) is 1.68. The molecule has 1 heterocycles. The van der Waals surface area contributed by atoms with E-state index in [4.69, 9.17) is 15.2 Å². The molecule has 4 heteroatoms. The van der Waals surface area contributed by atoms with Gasteiger partial charge >= 0.3 is 0 Å². The van der Waals surface area contributed by atoms with Gasteiger partial charge in [-0.05, 0) is 12.5 Å². The Labute approximate surface area is 90.4 Å². The Balaban J connectivity index is 2.36. The molecule has 0 spiro atoms. The maximum absolute atomic E-state index is 5.71. The average Bonchev–Trinajstić information content (AvgIpc) is 2.25. The van der Waals surface area contributed by atoms with Gasteiger partial charge in [0.05, 0.1) is 6.61 Å². The molecule has 84 valence electrons. The quantitative estimate of drug-likeness (QED) is 0.723. The van der Waals surface area contributed by atoms with E-state index in [1.807, 2.05) is 19.1 Å². The van der Waals surface area contributed by atoms with Crippen molar-refractivity contribution in [3.05, 3.63) is 23.9 Å². The average molecular weight is 210 g/mol. The molecule has 0 bridgehead atoms. The molecule has 0 aliphatic rings. The highest BCUT2D eigenvalue weighted by molar-refractivity contribution is 5.19. The molecule has 1 rings (SSSR count). The van der Waals surface area contributed by atoms with Crippen LogP contribution in [0.1, 0.15) is 24.9 Å². The number of methoxy groups -OCH3 is 1. The van der Waals surface area contributed by atoms with Gasteiger partial charge in [0, 0.05) is 38.4 Å². The van der Waals surface area contributed by atoms with Crippen molar-refractivity contribution in [1.82, 2.24) is 4.98 Å². The van der Waals surface area contributed by atoms with Crippen LogP contribution in [0.15, 0.2) is 18.3 Å². The summed E-state index contributed by atoms with van der Waals surface area (Å²) >= 11 is 0. The highest BCUT2D eigenvalue weighted by atomic mass is 16.5. The fourth-order valence-electron chi connectivity index (χ4n) is 1.13. The van der Waals surface area contributed by atoms with E-state index < -0.39 is 0 Å². The molecule has 0 aliphatic heterocycles. The normalized spacial score (nSPS) is 12.5. The zero-order valence-electron chi connectivity index (χ0n) is 9.27. The van der Waals surface area contributed by atoms with Crippen LogP contribution >= 0.6 is 0 Å². The zero-order valence-corrected chi connectivity index (χ0v) is 9.27. The van der Waals surface area contributed by atoms with E-state index in [1.165, 1.54) is 0 Å². The lowest BCUT2D eigenvalue weighted by Crippen LogP contribution is -2.06. The second kappa shape index (κ2) is 6.37. The third kappa shape index (κ3) is 4.27. The van der Waals surface area contributed by atoms with Gasteiger partial charge in [-0.3, -0.25) is 0 Å². The summed E-state index contributed by atoms with van der Waals surface area (Å²) in [6.07, 6.45) is 2.61. The van der Waals surface area contributed by atoms with Crippen LogP contribution in [0.5, 0.6) is 5.88 Å². The third-order valence-electron chi connectivity index (χ3n) is 2.03. The minimum absolute atomic E-state index is 0.0139. The van der Waals surface area contributed by atoms with Gasteiger partial charge in [-0.25, -0.2) is 4.98 Å². The highest BCUT2D eigenvalue weighted by Crippen LogP contribution is 2.12. The zero-order chi connectivity index (χ0) is 11.1. The van der Waals surface area contributed by atoms with Crippen LogP contribution in [0, 0.1) is 0 Å². The van der Waals surface area contributed by atoms with Crippen LogP contribution in [-0.4, -0.2) is 25.3 Å². The first-order chi connectivity index (χ1) is 7.24. The Morgan fingerprint density at radius 3 is 2.73 bits per heavy atom. The number of hydrogen-bond donors (Lipinski definition) is 1. The molecule has 4 nitrogen and oxygen atoms in total. The molecule has 0 saturated heterocycles. The number of aromatic nitrogens is 1. The highest BCUT2D eigenvalue weighted by Gasteiger charge is 2.00. The van der Waals surface area contributed by atoms with Crippen molar-refractivity contribution in [3.8, 4) is 5.88 Å². The summed E-state index contributed by atoms with van der Waals surface area (Å²) < 4.78 is 10.3. The molecule has 1 atom stereocenters. The second-order valence-electron chi connectivity index (χ2n) is 3.41. The molecule has 0 radical (unpaired) electrons. The van der Waals surface area contributed by atoms with Crippen LogP contribution in [0.4, 0.5) is 0 Å². The van der Waals surface area contributed by atoms with Crippen LogP contribution in [0.25, 0.3) is 0 Å². The minimum Gasteiger partial charge on any atom is -0.478 e. The van der Waals surface area contributed by atoms with E-state index in [2.05, 4.69) is 4.98 Å². The van der Waals surface area contributed by atoms with Crippen molar-refractivity contribution < 1.29 is 9.47 Å². The number of ether oxygens (including phenoxy) is 2. The van der Waals surface area contributed by atoms with E-state index in [9.17, 15) is 0 Å². The van der Waals surface area contributed by atoms with Crippen molar-refractivity contribution in [1.29, 1.82) is 0 Å². The van der Waals surface area contributed by atoms with Crippen LogP contribution in [0.3, 0.4) is 0 Å². The number of nitrogens with two attached hydrogens (primary N) is 1. The Bertz CT molecular complexity index is 272. The second-order valence-corrected chi connectivity index (χ2v) is 3.41. The first kappa shape index (κ1) is 11.9. The summed E-state index contributed by atoms with van der Waals surface area (Å²) in [6, 6.07) is 3.79. The first-order valence-corrected chi connectivity index (χ1v) is 5.07. The lowest BCUT2D eigenvalue weighted by atomic mass is 10.2. The summed E-state index contributed by atoms with van der Waals surface area (Å²) in [6.45, 7) is 3.26. The minimum atomic E-state index is 0.0139. The molecule has 0 unspecified atom stereocenters. The molecule has 2 N–H and O–H groups in total. The fraction of sp³-hybridized carbons (Fsp3) is 0.545. The topological polar surface area (TPSA) is 57.4 Å². The molecule has 0 aromatic carbocycles. The van der Waals surface area contributed by atoms with Gasteiger partial charge in [0.25, 0.3) is 0 Å². The monoisotopic (exact) mass is 210 g/mol. The Morgan fingerprint density at radius 2 is 2.20 bits per heavy atom. The number of pyridine rings is 1. The number of hydrogen-bond acceptors (Lipinski definition) is 4. The summed E-state index contributed by atoms with van der Waals surface area (Å²) in [5.41, 5.74) is 6.72. The lowest BCUT2D eigenvalue weighted by molar-refractivity contribution is 0.170. The van der Waals surface area contributed by atoms with Crippen molar-refractivity contribution in [2.24, 2.45) is 5.73 Å². The standard InChI is InChI=1S/C11H18N2O2/c1-9(12)10-4-5-11(13-8-10)15-7-3-6-14-2/h4-5,8-9H,3,6-7,12H2,1-2H3/t9-/m1/s1. The third-order valence-corrected chi connectivity index (χ3v) is 2.03. The van der Waals surface area contributed by atoms with Gasteiger partial charge in [0.2, 0.25) is 5.88 Å². The van der Waals surface area contributed by atoms with Gasteiger partial charge < -0.3 is 15.2 Å². The summed E-state index contributed by atoms with van der Waals surface area (Å²) in [5, 5.41) is 0. The molecule has 0 saturated carbocycles. The molecule has 0 amide bonds. The van der Waals surface area contributed by atoms with Gasteiger partial charge in [-0.2, -0.15) is 0 Å². The van der Waals surface area contributed by atoms with Crippen molar-refractivity contribution in [2.45, 2.75) is 19.4 Å². The van der Waals surface area contributed by atoms with E-state index in [-0.39, 0.29) is 6.04 Å². The van der Waals surface area contributed by atoms with Crippen molar-refractivity contribution >= 4 is 0 Å². The molecule has 1 aromatic heterocycles. The summed E-state index contributed by atoms with van der Waals surface area (Å²) in [4.78, 5) is 4.15. The smallest absolute Gasteiger partial charge is 0.213 e. The fourth-order valence-corrected chi connectivity index (χ4v) is 1.13. The Kier molecular flexibility index (Phi) is 5.07. The first-order valence-electron chi connectivity index (χ1n) is 5.07. The van der Waals surface area contributed by atoms with Gasteiger partial charge in [0.1, 0.15) is 0 Å². The van der Waals surface area contributed by atoms with Gasteiger partial charge in [0.15, 0.2) is 0 Å². The molecular weight excluding hydrogens is 192 g/mol. The van der Waals surface area contributed by atoms with Crippen molar-refractivity contribution in [3.63, 3.8) is 0 Å². The molecule has 1 aromatic rings. The van der Waals surface area contributed by atoms with E-state index in [1.54, 1.807) is 13.3 Å². The van der Waals surface area contributed by atoms with E-state index in [0.717, 1.165) is 12.0 Å². The van der Waals surface area contributed by atoms with Crippen LogP contribution in [0.2, 0.25) is 0 Å².